The molecule has 0 saturated carbocycles. The van der Waals surface area contributed by atoms with Gasteiger partial charge in [-0.1, -0.05) is 0 Å². The second-order valence-corrected chi connectivity index (χ2v) is 23.1. The zero-order valence-corrected chi connectivity index (χ0v) is 60.7. The zero-order valence-electron chi connectivity index (χ0n) is 60.7. The number of aromatic amines is 8. The Hall–Kier alpha value is -19.7. The lowest BCUT2D eigenvalue weighted by atomic mass is 10.2. The highest BCUT2D eigenvalue weighted by atomic mass is 16.5. The topological polar surface area (TPSA) is 978 Å². The number of nitrogens with zero attached hydrogens (tertiary/aromatic N) is 33. The number of hydrogen-bond donors (Lipinski definition) is 26. The lowest BCUT2D eigenvalue weighted by Gasteiger charge is -2.00. The predicted molar refractivity (Wildman–Crippen MR) is 411 cm³/mol. The summed E-state index contributed by atoms with van der Waals surface area (Å²) in [5, 5.41) is 104. The van der Waals surface area contributed by atoms with Gasteiger partial charge in [-0.3, -0.25) is 41.4 Å². The zero-order chi connectivity index (χ0) is 86.3. The minimum Gasteiger partial charge on any atom is -0.711 e. The molecule has 616 valence electrons. The van der Waals surface area contributed by atoms with Crippen molar-refractivity contribution in [3.8, 4) is 0 Å². The smallest absolute Gasteiger partial charge is 0.348 e. The molecule has 22 rings (SSSR count). The van der Waals surface area contributed by atoms with Crippen molar-refractivity contribution in [1.82, 2.24) is 188 Å². The van der Waals surface area contributed by atoms with E-state index in [1.807, 2.05) is 0 Å². The van der Waals surface area contributed by atoms with E-state index >= 15 is 0 Å². The van der Waals surface area contributed by atoms with Gasteiger partial charge in [0.1, 0.15) is 103 Å². The summed E-state index contributed by atoms with van der Waals surface area (Å²) in [6, 6.07) is 0. The number of rotatable bonds is 0. The predicted octanol–water partition coefficient (Wildman–Crippen LogP) is -4.88. The Morgan fingerprint density at radius 1 is 0.397 bits per heavy atom. The molecule has 0 bridgehead atoms. The van der Waals surface area contributed by atoms with Crippen LogP contribution >= 0.6 is 0 Å². The van der Waals surface area contributed by atoms with Gasteiger partial charge in [-0.05, 0) is 4.98 Å². The summed E-state index contributed by atoms with van der Waals surface area (Å²) >= 11 is 0. The average molecular weight is 1660 g/mol. The molecule has 0 spiro atoms. The van der Waals surface area contributed by atoms with E-state index in [-0.39, 0.29) is 68.2 Å². The van der Waals surface area contributed by atoms with Crippen LogP contribution in [0, 0.1) is 26.8 Å². The lowest BCUT2D eigenvalue weighted by Crippen LogP contribution is -2.21. The fourth-order valence-corrected chi connectivity index (χ4v) is 9.99. The van der Waals surface area contributed by atoms with Crippen molar-refractivity contribution in [3.05, 3.63) is 176 Å². The van der Waals surface area contributed by atoms with Crippen molar-refractivity contribution in [3.63, 3.8) is 0 Å². The molecule has 121 heavy (non-hydrogen) atoms. The highest BCUT2D eigenvalue weighted by molar-refractivity contribution is 5.84. The third kappa shape index (κ3) is 18.3. The van der Waals surface area contributed by atoms with Crippen LogP contribution in [-0.4, -0.2) is 247 Å². The number of nitrogens with one attached hydrogen (secondary N) is 12. The standard InChI is InChI=1S/3C6H6N4O.8C5H5N5O/c7-5-4-1-2-10(11)6(4)9-3-8-5;7-5-4-1-2-8-6(4)9-3-10(5)11;7-5-4-1-2-8-6(4)10(11)3-9-5;2*6-4-3-5(8-1-7-4)9-2-10(3)11;6-4-3-5(8-1-7-4)10(11)2-9-3;6-4-3-5(8-1-7-3)9-2-10(4)11;6-4-3-5(8-1-7-3)10(11)2-9-4;6-5-9-3-2(4(11)10-5)7-1-8-3;6-3-2-4(8-1-7-3)10-5(11)9-2;6-3-2-4(8-1-7-2)10-5(11)9-3/h2-3H,1H2,(H2,7,8,9);2*2-3,7,11H,1H2;3*1-2,11H,(H2,6,7,8);2*1-2,6,11H,(H,7,8);3*1H,(H4,6,7,8,9,10,11). The Morgan fingerprint density at radius 3 is 1.60 bits per heavy atom. The van der Waals surface area contributed by atoms with Gasteiger partial charge in [-0.2, -0.15) is 48.1 Å². The van der Waals surface area contributed by atoms with E-state index in [1.54, 1.807) is 12.4 Å². The molecule has 63 nitrogen and oxygen atoms in total. The molecule has 0 radical (unpaired) electrons. The van der Waals surface area contributed by atoms with Crippen LogP contribution in [-0.2, 0) is 19.3 Å². The summed E-state index contributed by atoms with van der Waals surface area (Å²) in [5.41, 5.74) is 45.4. The molecular weight excluding hydrogens is 1600 g/mol. The van der Waals surface area contributed by atoms with E-state index in [2.05, 4.69) is 164 Å². The number of aromatic nitrogens is 38. The van der Waals surface area contributed by atoms with Crippen molar-refractivity contribution in [2.24, 2.45) is 9.98 Å². The fourth-order valence-electron chi connectivity index (χ4n) is 9.99. The molecule has 3 aliphatic heterocycles. The van der Waals surface area contributed by atoms with Crippen LogP contribution in [0.1, 0.15) is 16.7 Å². The second kappa shape index (κ2) is 35.3. The molecule has 0 saturated heterocycles. The van der Waals surface area contributed by atoms with E-state index < -0.39 is 5.69 Å². The number of H-pyrrole nitrogens is 8. The van der Waals surface area contributed by atoms with Gasteiger partial charge in [0.05, 0.1) is 37.1 Å². The quantitative estimate of drug-likeness (QED) is 0.0384. The Morgan fingerprint density at radius 2 is 0.926 bits per heavy atom. The molecule has 0 unspecified atom stereocenters. The molecule has 0 atom stereocenters. The van der Waals surface area contributed by atoms with Gasteiger partial charge in [-0.25, -0.2) is 119 Å². The highest BCUT2D eigenvalue weighted by Gasteiger charge is 2.21. The number of nitrogen functional groups attached to an aromatic ring is 7. The van der Waals surface area contributed by atoms with Gasteiger partial charge >= 0.3 is 17.2 Å². The summed E-state index contributed by atoms with van der Waals surface area (Å²) in [5.74, 6) is 3.04. The van der Waals surface area contributed by atoms with Crippen LogP contribution in [0.3, 0.4) is 0 Å². The van der Waals surface area contributed by atoms with E-state index in [4.69, 9.17) is 98.2 Å². The lowest BCUT2D eigenvalue weighted by molar-refractivity contribution is -0.356. The molecule has 3 aliphatic rings. The molecule has 0 aromatic carbocycles. The van der Waals surface area contributed by atoms with Crippen LogP contribution in [0.5, 0.6) is 0 Å². The number of anilines is 7. The molecule has 19 aromatic heterocycles. The van der Waals surface area contributed by atoms with E-state index in [9.17, 15) is 19.6 Å². The highest BCUT2D eigenvalue weighted by Crippen LogP contribution is 2.24. The van der Waals surface area contributed by atoms with Crippen LogP contribution in [0.4, 0.5) is 58.3 Å². The molecule has 0 fully saturated rings. The Kier molecular flexibility index (Phi) is 23.6. The third-order valence-electron chi connectivity index (χ3n) is 15.6. The van der Waals surface area contributed by atoms with Crippen LogP contribution in [0.15, 0.2) is 126 Å². The van der Waals surface area contributed by atoms with Crippen molar-refractivity contribution < 1.29 is 41.2 Å². The van der Waals surface area contributed by atoms with E-state index in [0.29, 0.717) is 157 Å². The van der Waals surface area contributed by atoms with Gasteiger partial charge < -0.3 is 107 Å². The number of aliphatic imine (C=N–C) groups is 2. The number of hydrogen-bond acceptors (Lipinski definition) is 47. The van der Waals surface area contributed by atoms with E-state index in [0.717, 1.165) is 41.9 Å². The van der Waals surface area contributed by atoms with Gasteiger partial charge in [0.15, 0.2) is 118 Å². The fraction of sp³-hybridized carbons (Fsp3) is 0.0517. The third-order valence-corrected chi connectivity index (χ3v) is 15.6. The van der Waals surface area contributed by atoms with Gasteiger partial charge in [0.2, 0.25) is 17.9 Å². The minimum absolute atomic E-state index is 0.0486. The maximum Gasteiger partial charge on any atom is 0.348 e. The number of fused-ring (bicyclic) bond motifs is 11. The van der Waals surface area contributed by atoms with Crippen LogP contribution in [0.25, 0.3) is 89.3 Å². The number of imidazole rings is 8. The van der Waals surface area contributed by atoms with E-state index in [1.165, 1.54) is 94.8 Å². The van der Waals surface area contributed by atoms with Crippen molar-refractivity contribution in [1.29, 1.82) is 21.6 Å². The Bertz CT molecular complexity index is 7450. The average Bonchev–Trinajstić information content (AvgIpc) is 1.75. The summed E-state index contributed by atoms with van der Waals surface area (Å²) in [4.78, 5) is 147. The first-order valence-corrected chi connectivity index (χ1v) is 33.0. The maximum absolute atomic E-state index is 11.0. The monoisotopic (exact) mass is 1660 g/mol. The molecule has 63 heteroatoms. The molecular formula is C58H58N52O11. The Balaban J connectivity index is 0.000000122. The number of nitrogens with two attached hydrogens (primary N) is 7. The normalized spacial score (nSPS) is 11.4. The SMILES string of the molecule is N=c1c2[nH]cnc2ncn1O.N=c1c2c(ncn1O)N=CC2.N=c1ncn(O)c2c1CC=N2.N=c1ncn(O)c2nc[nH]c12.Nc1[nH]c(=O)nc2nc[nH]c12.Nc1nc2nc[nH]c2c(=O)[nH]1.Nc1ncnc2[nH]c(=O)[nH]c12.Nc1ncnc2c1CC=[N+]2[O-].Nc1ncnc2c1ncn2O.Nc1ncnc2ncn(O)c12.Nc1ncnc2ncn(O)c12. The van der Waals surface area contributed by atoms with Crippen molar-refractivity contribution in [2.45, 2.75) is 19.3 Å². The Labute approximate surface area is 660 Å². The summed E-state index contributed by atoms with van der Waals surface area (Å²) in [7, 11) is 0. The van der Waals surface area contributed by atoms with Gasteiger partial charge in [-0.15, -0.1) is 0 Å². The van der Waals surface area contributed by atoms with Crippen LogP contribution in [0.2, 0.25) is 0 Å². The first-order valence-electron chi connectivity index (χ1n) is 33.0. The summed E-state index contributed by atoms with van der Waals surface area (Å²) < 4.78 is 6.02. The summed E-state index contributed by atoms with van der Waals surface area (Å²) in [6.07, 6.45) is 26.9. The molecule has 0 amide bonds. The molecule has 19 aromatic rings. The minimum atomic E-state index is -0.484. The largest absolute Gasteiger partial charge is 0.711 e. The summed E-state index contributed by atoms with van der Waals surface area (Å²) in [6.45, 7) is 0. The van der Waals surface area contributed by atoms with Crippen molar-refractivity contribution >= 4 is 166 Å². The van der Waals surface area contributed by atoms with Crippen molar-refractivity contribution in [2.75, 3.05) is 40.1 Å². The first-order chi connectivity index (χ1) is 58.1. The second-order valence-electron chi connectivity index (χ2n) is 23.1. The molecule has 22 heterocycles. The van der Waals surface area contributed by atoms with Gasteiger partial charge in [0, 0.05) is 42.8 Å². The first kappa shape index (κ1) is 80.8. The maximum atomic E-state index is 11.0. The molecule has 33 N–H and O–H groups in total. The van der Waals surface area contributed by atoms with Crippen LogP contribution < -0.4 is 79.0 Å². The van der Waals surface area contributed by atoms with Gasteiger partial charge in [0.25, 0.3) is 5.56 Å². The molecule has 0 aliphatic carbocycles.